The Morgan fingerprint density at radius 3 is 3.00 bits per heavy atom. The van der Waals surface area contributed by atoms with Crippen molar-refractivity contribution >= 4 is 11.6 Å². The highest BCUT2D eigenvalue weighted by Gasteiger charge is 2.29. The Hall–Kier alpha value is -1.59. The van der Waals surface area contributed by atoms with Gasteiger partial charge >= 0.3 is 0 Å². The quantitative estimate of drug-likeness (QED) is 0.751. The number of ether oxygens (including phenoxy) is 3. The lowest BCUT2D eigenvalue weighted by atomic mass is 9.91. The van der Waals surface area contributed by atoms with Crippen LogP contribution in [-0.4, -0.2) is 45.5 Å². The van der Waals surface area contributed by atoms with E-state index in [9.17, 15) is 4.79 Å². The summed E-state index contributed by atoms with van der Waals surface area (Å²) in [6, 6.07) is 6.01. The van der Waals surface area contributed by atoms with Gasteiger partial charge in [-0.25, -0.2) is 0 Å². The maximum absolute atomic E-state index is 12.7. The van der Waals surface area contributed by atoms with Gasteiger partial charge in [-0.05, 0) is 36.8 Å². The van der Waals surface area contributed by atoms with Gasteiger partial charge < -0.3 is 19.1 Å². The second-order valence-electron chi connectivity index (χ2n) is 6.59. The van der Waals surface area contributed by atoms with Crippen molar-refractivity contribution in [2.75, 3.05) is 38.4 Å². The lowest BCUT2D eigenvalue weighted by Gasteiger charge is -2.34. The zero-order valence-electron chi connectivity index (χ0n) is 14.6. The number of benzene rings is 1. The topological polar surface area (TPSA) is 48.0 Å². The number of methoxy groups -OCH3 is 1. The molecule has 0 bridgehead atoms. The maximum atomic E-state index is 12.7. The number of fused-ring (bicyclic) bond motifs is 1. The molecule has 2 aliphatic rings. The van der Waals surface area contributed by atoms with Crippen LogP contribution in [0.4, 0.5) is 5.69 Å². The molecule has 3 rings (SSSR count). The van der Waals surface area contributed by atoms with E-state index in [1.165, 1.54) is 5.56 Å². The van der Waals surface area contributed by atoms with E-state index in [1.807, 2.05) is 17.0 Å². The molecule has 0 saturated carbocycles. The first kappa shape index (κ1) is 17.2. The first-order valence-electron chi connectivity index (χ1n) is 8.87. The van der Waals surface area contributed by atoms with Crippen molar-refractivity contribution in [2.24, 2.45) is 0 Å². The van der Waals surface area contributed by atoms with Gasteiger partial charge in [0.05, 0.1) is 38.5 Å². The van der Waals surface area contributed by atoms with E-state index in [0.717, 1.165) is 43.9 Å². The highest BCUT2D eigenvalue weighted by Crippen LogP contribution is 2.41. The van der Waals surface area contributed by atoms with Crippen molar-refractivity contribution in [3.63, 3.8) is 0 Å². The minimum atomic E-state index is 0.0972. The van der Waals surface area contributed by atoms with Gasteiger partial charge in [-0.15, -0.1) is 0 Å². The van der Waals surface area contributed by atoms with Gasteiger partial charge in [-0.3, -0.25) is 4.79 Å². The van der Waals surface area contributed by atoms with Gasteiger partial charge in [0.1, 0.15) is 5.75 Å². The van der Waals surface area contributed by atoms with Crippen molar-refractivity contribution in [1.29, 1.82) is 0 Å². The molecule has 0 radical (unpaired) electrons. The van der Waals surface area contributed by atoms with E-state index in [1.54, 1.807) is 7.11 Å². The average molecular weight is 333 g/mol. The van der Waals surface area contributed by atoms with E-state index < -0.39 is 0 Å². The van der Waals surface area contributed by atoms with E-state index in [2.05, 4.69) is 13.0 Å². The van der Waals surface area contributed by atoms with Crippen LogP contribution in [0.3, 0.4) is 0 Å². The number of amides is 1. The fourth-order valence-corrected chi connectivity index (χ4v) is 3.51. The molecular weight excluding hydrogens is 306 g/mol. The summed E-state index contributed by atoms with van der Waals surface area (Å²) >= 11 is 0. The molecule has 1 saturated heterocycles. The van der Waals surface area contributed by atoms with Crippen LogP contribution in [0, 0.1) is 0 Å². The number of nitrogens with zero attached hydrogens (tertiary/aromatic N) is 1. The van der Waals surface area contributed by atoms with Gasteiger partial charge in [-0.1, -0.05) is 19.1 Å². The summed E-state index contributed by atoms with van der Waals surface area (Å²) in [7, 11) is 1.66. The molecule has 5 heteroatoms. The molecule has 0 N–H and O–H groups in total. The largest absolute Gasteiger partial charge is 0.495 e. The van der Waals surface area contributed by atoms with Crippen LogP contribution in [-0.2, 0) is 14.3 Å². The minimum Gasteiger partial charge on any atom is -0.495 e. The fourth-order valence-electron chi connectivity index (χ4n) is 3.51. The third-order valence-electron chi connectivity index (χ3n) is 4.93. The number of hydrogen-bond acceptors (Lipinski definition) is 4. The monoisotopic (exact) mass is 333 g/mol. The smallest absolute Gasteiger partial charge is 0.229 e. The van der Waals surface area contributed by atoms with Crippen LogP contribution in [0.2, 0.25) is 0 Å². The molecular formula is C19H27NO4. The zero-order chi connectivity index (χ0) is 16.9. The Morgan fingerprint density at radius 2 is 2.25 bits per heavy atom. The number of carbonyl (C=O) groups excluding carboxylic acids is 1. The standard InChI is InChI=1S/C19H27NO4/c1-14-8-10-20(19-16(14)6-3-7-17(19)22-2)18(21)9-12-23-13-15-5-4-11-24-15/h3,6-7,14-15H,4-5,8-13H2,1-2H3. The predicted octanol–water partition coefficient (Wildman–Crippen LogP) is 3.12. The summed E-state index contributed by atoms with van der Waals surface area (Å²) in [6.45, 7) is 4.79. The third-order valence-corrected chi connectivity index (χ3v) is 4.93. The van der Waals surface area contributed by atoms with E-state index in [4.69, 9.17) is 14.2 Å². The molecule has 1 aromatic rings. The Bertz CT molecular complexity index is 568. The Labute approximate surface area is 143 Å². The summed E-state index contributed by atoms with van der Waals surface area (Å²) in [5.41, 5.74) is 2.12. The summed E-state index contributed by atoms with van der Waals surface area (Å²) < 4.78 is 16.7. The normalized spacial score (nSPS) is 23.2. The molecule has 2 unspecified atom stereocenters. The first-order chi connectivity index (χ1) is 11.7. The van der Waals surface area contributed by atoms with Gasteiger partial charge in [0, 0.05) is 13.2 Å². The molecule has 132 valence electrons. The second kappa shape index (κ2) is 7.99. The van der Waals surface area contributed by atoms with Crippen LogP contribution in [0.5, 0.6) is 5.75 Å². The summed E-state index contributed by atoms with van der Waals surface area (Å²) in [5.74, 6) is 1.31. The second-order valence-corrected chi connectivity index (χ2v) is 6.59. The van der Waals surface area contributed by atoms with Crippen LogP contribution in [0.25, 0.3) is 0 Å². The van der Waals surface area contributed by atoms with Crippen molar-refractivity contribution in [1.82, 2.24) is 0 Å². The Kier molecular flexibility index (Phi) is 5.74. The molecule has 0 aromatic heterocycles. The Morgan fingerprint density at radius 1 is 1.38 bits per heavy atom. The molecule has 2 aliphatic heterocycles. The van der Waals surface area contributed by atoms with Gasteiger partial charge in [0.15, 0.2) is 0 Å². The number of para-hydroxylation sites is 1. The molecule has 1 amide bonds. The average Bonchev–Trinajstić information content (AvgIpc) is 3.12. The number of rotatable bonds is 6. The number of hydrogen-bond donors (Lipinski definition) is 0. The number of anilines is 1. The molecule has 24 heavy (non-hydrogen) atoms. The van der Waals surface area contributed by atoms with Gasteiger partial charge in [0.2, 0.25) is 5.91 Å². The Balaban J connectivity index is 1.60. The van der Waals surface area contributed by atoms with E-state index in [0.29, 0.717) is 25.6 Å². The lowest BCUT2D eigenvalue weighted by molar-refractivity contribution is -0.120. The summed E-state index contributed by atoms with van der Waals surface area (Å²) in [6.07, 6.45) is 3.73. The number of carbonyl (C=O) groups is 1. The molecule has 5 nitrogen and oxygen atoms in total. The van der Waals surface area contributed by atoms with Crippen LogP contribution in [0.15, 0.2) is 18.2 Å². The summed E-state index contributed by atoms with van der Waals surface area (Å²) in [5, 5.41) is 0. The van der Waals surface area contributed by atoms with Gasteiger partial charge in [0.25, 0.3) is 0 Å². The van der Waals surface area contributed by atoms with Gasteiger partial charge in [-0.2, -0.15) is 0 Å². The van der Waals surface area contributed by atoms with Crippen molar-refractivity contribution in [2.45, 2.75) is 44.6 Å². The molecule has 0 spiro atoms. The minimum absolute atomic E-state index is 0.0972. The molecule has 2 atom stereocenters. The van der Waals surface area contributed by atoms with E-state index in [-0.39, 0.29) is 12.0 Å². The molecule has 0 aliphatic carbocycles. The fraction of sp³-hybridized carbons (Fsp3) is 0.632. The van der Waals surface area contributed by atoms with Crippen molar-refractivity contribution in [3.05, 3.63) is 23.8 Å². The lowest BCUT2D eigenvalue weighted by Crippen LogP contribution is -2.37. The first-order valence-corrected chi connectivity index (χ1v) is 8.87. The highest BCUT2D eigenvalue weighted by atomic mass is 16.5. The van der Waals surface area contributed by atoms with Crippen molar-refractivity contribution in [3.8, 4) is 5.75 Å². The van der Waals surface area contributed by atoms with Crippen LogP contribution in [0.1, 0.15) is 44.1 Å². The molecule has 1 aromatic carbocycles. The zero-order valence-corrected chi connectivity index (χ0v) is 14.6. The van der Waals surface area contributed by atoms with E-state index >= 15 is 0 Å². The van der Waals surface area contributed by atoms with Crippen LogP contribution < -0.4 is 9.64 Å². The maximum Gasteiger partial charge on any atom is 0.229 e. The van der Waals surface area contributed by atoms with Crippen LogP contribution >= 0.6 is 0 Å². The molecule has 2 heterocycles. The highest BCUT2D eigenvalue weighted by molar-refractivity contribution is 5.96. The predicted molar refractivity (Wildman–Crippen MR) is 92.8 cm³/mol. The SMILES string of the molecule is COc1cccc2c1N(C(=O)CCOCC1CCCO1)CCC2C. The molecule has 1 fully saturated rings. The third kappa shape index (κ3) is 3.73. The summed E-state index contributed by atoms with van der Waals surface area (Å²) in [4.78, 5) is 14.6. The van der Waals surface area contributed by atoms with Crippen molar-refractivity contribution < 1.29 is 19.0 Å².